The Kier molecular flexibility index (Phi) is 7.78. The zero-order valence-corrected chi connectivity index (χ0v) is 32.4. The van der Waals surface area contributed by atoms with Crippen molar-refractivity contribution < 1.29 is 0 Å². The van der Waals surface area contributed by atoms with Crippen LogP contribution in [0.2, 0.25) is 0 Å². The van der Waals surface area contributed by atoms with Gasteiger partial charge in [-0.25, -0.2) is 4.98 Å². The Bertz CT molecular complexity index is 3530. The molecule has 5 nitrogen and oxygen atoms in total. The third-order valence-corrected chi connectivity index (χ3v) is 11.8. The highest BCUT2D eigenvalue weighted by Gasteiger charge is 2.20. The Labute approximate surface area is 346 Å². The van der Waals surface area contributed by atoms with Crippen molar-refractivity contribution in [2.24, 2.45) is 0 Å². The molecule has 12 aromatic rings. The van der Waals surface area contributed by atoms with Crippen LogP contribution in [-0.4, -0.2) is 24.1 Å². The molecular weight excluding hydrogens is 731 g/mol. The van der Waals surface area contributed by atoms with Gasteiger partial charge in [0.1, 0.15) is 0 Å². The number of rotatable bonds is 6. The molecule has 0 atom stereocenters. The number of hydrogen-bond donors (Lipinski definition) is 0. The third kappa shape index (κ3) is 5.44. The van der Waals surface area contributed by atoms with Gasteiger partial charge in [0.25, 0.3) is 0 Å². The summed E-state index contributed by atoms with van der Waals surface area (Å²) in [5.74, 6) is 1.85. The second-order valence-electron chi connectivity index (χ2n) is 15.2. The zero-order chi connectivity index (χ0) is 39.6. The fourth-order valence-electron chi connectivity index (χ4n) is 9.05. The standard InChI is InChI=1S/C55H35N5/c1-4-16-36(17-5-1)53-56-54(37-18-6-2-7-19-37)58-55(57-53)60-50-27-15-13-25-46(50)48-35-39(29-33-52(48)60)42-31-30-41(43-22-10-11-23-44(42)43)38-28-32-51-47(34-38)45-24-12-14-26-49(45)59(51)40-20-8-3-9-21-40/h1-35H. The van der Waals surface area contributed by atoms with Crippen LogP contribution < -0.4 is 0 Å². The molecule has 0 bridgehead atoms. The van der Waals surface area contributed by atoms with Crippen LogP contribution in [-0.2, 0) is 0 Å². The monoisotopic (exact) mass is 765 g/mol. The van der Waals surface area contributed by atoms with Crippen molar-refractivity contribution in [2.75, 3.05) is 0 Å². The maximum Gasteiger partial charge on any atom is 0.238 e. The van der Waals surface area contributed by atoms with Crippen molar-refractivity contribution in [1.82, 2.24) is 24.1 Å². The van der Waals surface area contributed by atoms with E-state index in [1.807, 2.05) is 60.7 Å². The molecule has 3 aromatic heterocycles. The molecule has 3 heterocycles. The van der Waals surface area contributed by atoms with Crippen LogP contribution in [0, 0.1) is 0 Å². The van der Waals surface area contributed by atoms with Gasteiger partial charge in [0.2, 0.25) is 5.95 Å². The molecule has 60 heavy (non-hydrogen) atoms. The van der Waals surface area contributed by atoms with E-state index in [0.29, 0.717) is 17.6 Å². The van der Waals surface area contributed by atoms with E-state index in [2.05, 4.69) is 161 Å². The summed E-state index contributed by atoms with van der Waals surface area (Å²) in [7, 11) is 0. The average Bonchev–Trinajstić information content (AvgIpc) is 3.84. The molecule has 12 rings (SSSR count). The van der Waals surface area contributed by atoms with Gasteiger partial charge in [-0.15, -0.1) is 0 Å². The van der Waals surface area contributed by atoms with Crippen LogP contribution in [0.3, 0.4) is 0 Å². The molecule has 0 fully saturated rings. The van der Waals surface area contributed by atoms with Crippen molar-refractivity contribution >= 4 is 54.4 Å². The summed E-state index contributed by atoms with van der Waals surface area (Å²) in [5, 5.41) is 7.20. The maximum atomic E-state index is 5.12. The normalized spacial score (nSPS) is 11.7. The minimum absolute atomic E-state index is 0.584. The SMILES string of the molecule is c1ccc(-c2nc(-c3ccccc3)nc(-n3c4ccccc4c4cc(-c5ccc(-c6ccc7c(c6)c6ccccc6n7-c6ccccc6)c6ccccc56)ccc43)n2)cc1. The van der Waals surface area contributed by atoms with Crippen LogP contribution in [0.4, 0.5) is 0 Å². The molecule has 0 aliphatic rings. The molecule has 280 valence electrons. The number of para-hydroxylation sites is 3. The van der Waals surface area contributed by atoms with Gasteiger partial charge in [0.15, 0.2) is 11.6 Å². The molecule has 0 aliphatic heterocycles. The van der Waals surface area contributed by atoms with Gasteiger partial charge < -0.3 is 4.57 Å². The molecule has 0 amide bonds. The second kappa shape index (κ2) is 13.8. The Hall–Kier alpha value is -8.15. The molecule has 0 saturated carbocycles. The molecule has 0 radical (unpaired) electrons. The van der Waals surface area contributed by atoms with E-state index in [-0.39, 0.29) is 0 Å². The van der Waals surface area contributed by atoms with Gasteiger partial charge in [0, 0.05) is 38.4 Å². The van der Waals surface area contributed by atoms with E-state index in [0.717, 1.165) is 44.2 Å². The molecule has 0 saturated heterocycles. The van der Waals surface area contributed by atoms with Gasteiger partial charge in [0.05, 0.1) is 22.1 Å². The minimum Gasteiger partial charge on any atom is -0.309 e. The molecule has 5 heteroatoms. The predicted molar refractivity (Wildman–Crippen MR) is 248 cm³/mol. The lowest BCUT2D eigenvalue weighted by Gasteiger charge is -2.13. The highest BCUT2D eigenvalue weighted by atomic mass is 15.2. The average molecular weight is 766 g/mol. The summed E-state index contributed by atoms with van der Waals surface area (Å²) in [6, 6.07) is 75.3. The van der Waals surface area contributed by atoms with Gasteiger partial charge >= 0.3 is 0 Å². The highest BCUT2D eigenvalue weighted by Crippen LogP contribution is 2.41. The van der Waals surface area contributed by atoms with Crippen LogP contribution in [0.25, 0.3) is 111 Å². The summed E-state index contributed by atoms with van der Waals surface area (Å²) in [4.78, 5) is 15.2. The third-order valence-electron chi connectivity index (χ3n) is 11.8. The Morgan fingerprint density at radius 3 is 1.18 bits per heavy atom. The minimum atomic E-state index is 0.584. The smallest absolute Gasteiger partial charge is 0.238 e. The summed E-state index contributed by atoms with van der Waals surface area (Å²) >= 11 is 0. The first-order chi connectivity index (χ1) is 29.8. The molecule has 0 unspecified atom stereocenters. The van der Waals surface area contributed by atoms with Crippen LogP contribution in [0.1, 0.15) is 0 Å². The van der Waals surface area contributed by atoms with Crippen molar-refractivity contribution in [1.29, 1.82) is 0 Å². The van der Waals surface area contributed by atoms with Crippen molar-refractivity contribution in [2.45, 2.75) is 0 Å². The first-order valence-corrected chi connectivity index (χ1v) is 20.3. The number of nitrogens with zero attached hydrogens (tertiary/aromatic N) is 5. The number of benzene rings is 9. The highest BCUT2D eigenvalue weighted by molar-refractivity contribution is 6.14. The quantitative estimate of drug-likeness (QED) is 0.169. The summed E-state index contributed by atoms with van der Waals surface area (Å²) < 4.78 is 4.55. The fourth-order valence-corrected chi connectivity index (χ4v) is 9.05. The van der Waals surface area contributed by atoms with E-state index in [9.17, 15) is 0 Å². The van der Waals surface area contributed by atoms with Crippen LogP contribution >= 0.6 is 0 Å². The summed E-state index contributed by atoms with van der Waals surface area (Å²) in [5.41, 5.74) is 12.3. The van der Waals surface area contributed by atoms with E-state index < -0.39 is 0 Å². The van der Waals surface area contributed by atoms with Crippen molar-refractivity contribution in [3.05, 3.63) is 212 Å². The summed E-state index contributed by atoms with van der Waals surface area (Å²) in [6.07, 6.45) is 0. The van der Waals surface area contributed by atoms with Gasteiger partial charge in [-0.1, -0.05) is 164 Å². The first-order valence-electron chi connectivity index (χ1n) is 20.3. The molecule has 0 spiro atoms. The van der Waals surface area contributed by atoms with Crippen LogP contribution in [0.15, 0.2) is 212 Å². The van der Waals surface area contributed by atoms with E-state index >= 15 is 0 Å². The molecule has 9 aromatic carbocycles. The Balaban J connectivity index is 1.01. The van der Waals surface area contributed by atoms with Crippen LogP contribution in [0.5, 0.6) is 0 Å². The lowest BCUT2D eigenvalue weighted by Crippen LogP contribution is -2.06. The largest absolute Gasteiger partial charge is 0.309 e. The predicted octanol–water partition coefficient (Wildman–Crippen LogP) is 13.9. The van der Waals surface area contributed by atoms with Crippen molar-refractivity contribution in [3.8, 4) is 56.7 Å². The lowest BCUT2D eigenvalue weighted by molar-refractivity contribution is 0.953. The number of aromatic nitrogens is 5. The Morgan fingerprint density at radius 1 is 0.267 bits per heavy atom. The van der Waals surface area contributed by atoms with Crippen molar-refractivity contribution in [3.63, 3.8) is 0 Å². The van der Waals surface area contributed by atoms with Gasteiger partial charge in [-0.05, 0) is 81.6 Å². The molecule has 0 N–H and O–H groups in total. The second-order valence-corrected chi connectivity index (χ2v) is 15.2. The maximum absolute atomic E-state index is 5.12. The topological polar surface area (TPSA) is 48.5 Å². The van der Waals surface area contributed by atoms with E-state index in [1.165, 1.54) is 49.3 Å². The number of hydrogen-bond acceptors (Lipinski definition) is 3. The molecule has 0 aliphatic carbocycles. The summed E-state index contributed by atoms with van der Waals surface area (Å²) in [6.45, 7) is 0. The van der Waals surface area contributed by atoms with Gasteiger partial charge in [-0.2, -0.15) is 9.97 Å². The molecular formula is C55H35N5. The lowest BCUT2D eigenvalue weighted by atomic mass is 9.91. The number of fused-ring (bicyclic) bond motifs is 7. The van der Waals surface area contributed by atoms with Gasteiger partial charge in [-0.3, -0.25) is 4.57 Å². The van der Waals surface area contributed by atoms with E-state index in [4.69, 9.17) is 15.0 Å². The Morgan fingerprint density at radius 2 is 0.667 bits per heavy atom. The fraction of sp³-hybridized carbons (Fsp3) is 0. The zero-order valence-electron chi connectivity index (χ0n) is 32.4. The first kappa shape index (κ1) is 33.9. The van der Waals surface area contributed by atoms with E-state index in [1.54, 1.807) is 0 Å².